The molecule has 8 heteroatoms. The van der Waals surface area contributed by atoms with Crippen LogP contribution >= 0.6 is 0 Å². The van der Waals surface area contributed by atoms with Crippen molar-refractivity contribution in [2.24, 2.45) is 5.10 Å². The molecule has 1 N–H and O–H groups in total. The van der Waals surface area contributed by atoms with Gasteiger partial charge in [-0.25, -0.2) is 14.6 Å². The van der Waals surface area contributed by atoms with Crippen LogP contribution in [0.4, 0.5) is 4.39 Å². The lowest BCUT2D eigenvalue weighted by Crippen LogP contribution is -2.24. The van der Waals surface area contributed by atoms with Gasteiger partial charge >= 0.3 is 5.97 Å². The van der Waals surface area contributed by atoms with Crippen molar-refractivity contribution in [3.63, 3.8) is 0 Å². The van der Waals surface area contributed by atoms with Gasteiger partial charge in [0.05, 0.1) is 18.9 Å². The largest absolute Gasteiger partial charge is 0.497 e. The maximum Gasteiger partial charge on any atom is 0.343 e. The number of rotatable bonds is 8. The van der Waals surface area contributed by atoms with Crippen molar-refractivity contribution >= 4 is 28.9 Å². The summed E-state index contributed by atoms with van der Waals surface area (Å²) in [6.45, 7) is -0.308. The van der Waals surface area contributed by atoms with E-state index in [1.807, 2.05) is 30.3 Å². The summed E-state index contributed by atoms with van der Waals surface area (Å²) in [5.41, 5.74) is 3.25. The van der Waals surface area contributed by atoms with Gasteiger partial charge in [-0.05, 0) is 65.4 Å². The molecule has 0 saturated heterocycles. The molecule has 7 nitrogen and oxygen atoms in total. The maximum absolute atomic E-state index is 13.0. The number of amides is 1. The molecule has 4 aromatic rings. The van der Waals surface area contributed by atoms with Crippen molar-refractivity contribution < 1.29 is 28.2 Å². The number of halogens is 1. The number of nitrogens with one attached hydrogen (secondary N) is 1. The van der Waals surface area contributed by atoms with Gasteiger partial charge in [0.15, 0.2) is 6.61 Å². The Kier molecular flexibility index (Phi) is 7.32. The minimum absolute atomic E-state index is 0.282. The van der Waals surface area contributed by atoms with Crippen molar-refractivity contribution in [1.82, 2.24) is 5.43 Å². The Morgan fingerprint density at radius 2 is 1.63 bits per heavy atom. The summed E-state index contributed by atoms with van der Waals surface area (Å²) < 4.78 is 29.0. The molecule has 4 rings (SSSR count). The number of hydrazone groups is 1. The molecule has 0 aliphatic heterocycles. The fourth-order valence-electron chi connectivity index (χ4n) is 3.26. The molecule has 0 fully saturated rings. The van der Waals surface area contributed by atoms with Gasteiger partial charge in [0, 0.05) is 5.56 Å². The number of nitrogens with zero attached hydrogens (tertiary/aromatic N) is 1. The normalized spacial score (nSPS) is 10.8. The Labute approximate surface area is 200 Å². The predicted octanol–water partition coefficient (Wildman–Crippen LogP) is 4.74. The molecule has 0 heterocycles. The Morgan fingerprint density at radius 3 is 2.37 bits per heavy atom. The van der Waals surface area contributed by atoms with E-state index in [1.54, 1.807) is 37.4 Å². The highest BCUT2D eigenvalue weighted by atomic mass is 19.1. The van der Waals surface area contributed by atoms with Gasteiger partial charge in [-0.1, -0.05) is 30.3 Å². The zero-order valence-electron chi connectivity index (χ0n) is 18.7. The molecule has 176 valence electrons. The summed E-state index contributed by atoms with van der Waals surface area (Å²) in [6, 6.07) is 22.9. The number of hydrogen-bond acceptors (Lipinski definition) is 6. The second-order valence-corrected chi connectivity index (χ2v) is 7.35. The second-order valence-electron chi connectivity index (χ2n) is 7.35. The van der Waals surface area contributed by atoms with E-state index in [4.69, 9.17) is 14.2 Å². The number of ether oxygens (including phenoxy) is 3. The van der Waals surface area contributed by atoms with Crippen LogP contribution in [0, 0.1) is 5.82 Å². The topological polar surface area (TPSA) is 86.2 Å². The van der Waals surface area contributed by atoms with E-state index in [1.165, 1.54) is 30.5 Å². The Balaban J connectivity index is 1.49. The van der Waals surface area contributed by atoms with E-state index in [9.17, 15) is 14.0 Å². The zero-order chi connectivity index (χ0) is 24.6. The van der Waals surface area contributed by atoms with Crippen molar-refractivity contribution in [3.8, 4) is 17.2 Å². The number of benzene rings is 4. The predicted molar refractivity (Wildman–Crippen MR) is 130 cm³/mol. The molecular formula is C27H21FN2O5. The molecule has 0 aromatic heterocycles. The van der Waals surface area contributed by atoms with Crippen LogP contribution in [-0.4, -0.2) is 31.8 Å². The van der Waals surface area contributed by atoms with Gasteiger partial charge in [-0.15, -0.1) is 0 Å². The summed E-state index contributed by atoms with van der Waals surface area (Å²) >= 11 is 0. The molecule has 0 aliphatic rings. The molecule has 35 heavy (non-hydrogen) atoms. The van der Waals surface area contributed by atoms with Crippen molar-refractivity contribution in [2.45, 2.75) is 0 Å². The maximum atomic E-state index is 13.0. The zero-order valence-corrected chi connectivity index (χ0v) is 18.7. The first-order valence-electron chi connectivity index (χ1n) is 10.6. The van der Waals surface area contributed by atoms with Gasteiger partial charge < -0.3 is 14.2 Å². The number of esters is 1. The average molecular weight is 472 g/mol. The minimum atomic E-state index is -0.547. The van der Waals surface area contributed by atoms with E-state index in [2.05, 4.69) is 10.5 Å². The molecule has 0 unspecified atom stereocenters. The van der Waals surface area contributed by atoms with E-state index in [0.29, 0.717) is 22.6 Å². The van der Waals surface area contributed by atoms with Gasteiger partial charge in [-0.3, -0.25) is 4.79 Å². The van der Waals surface area contributed by atoms with E-state index in [-0.39, 0.29) is 12.4 Å². The number of carbonyl (C=O) groups excluding carboxylic acids is 2. The number of hydrogen-bond donors (Lipinski definition) is 1. The van der Waals surface area contributed by atoms with Crippen LogP contribution < -0.4 is 19.6 Å². The first kappa shape index (κ1) is 23.4. The third-order valence-corrected chi connectivity index (χ3v) is 5.03. The van der Waals surface area contributed by atoms with Crippen LogP contribution in [0.15, 0.2) is 90.0 Å². The van der Waals surface area contributed by atoms with Gasteiger partial charge in [0.1, 0.15) is 23.1 Å². The van der Waals surface area contributed by atoms with E-state index >= 15 is 0 Å². The summed E-state index contributed by atoms with van der Waals surface area (Å²) in [5.74, 6) is -0.196. The summed E-state index contributed by atoms with van der Waals surface area (Å²) in [6.07, 6.45) is 1.41. The van der Waals surface area contributed by atoms with E-state index in [0.717, 1.165) is 10.8 Å². The molecular weight excluding hydrogens is 451 g/mol. The molecule has 0 saturated carbocycles. The number of methoxy groups -OCH3 is 1. The van der Waals surface area contributed by atoms with Gasteiger partial charge in [-0.2, -0.15) is 5.10 Å². The highest BCUT2D eigenvalue weighted by Crippen LogP contribution is 2.27. The molecule has 0 radical (unpaired) electrons. The fourth-order valence-corrected chi connectivity index (χ4v) is 3.26. The average Bonchev–Trinajstić information content (AvgIpc) is 2.89. The quantitative estimate of drug-likeness (QED) is 0.173. The molecule has 0 aliphatic carbocycles. The third kappa shape index (κ3) is 6.00. The molecule has 0 atom stereocenters. The van der Waals surface area contributed by atoms with Crippen molar-refractivity contribution in [1.29, 1.82) is 0 Å². The molecule has 0 bridgehead atoms. The fraction of sp³-hybridized carbons (Fsp3) is 0.0741. The van der Waals surface area contributed by atoms with Crippen LogP contribution in [0.1, 0.15) is 15.9 Å². The minimum Gasteiger partial charge on any atom is -0.497 e. The van der Waals surface area contributed by atoms with Crippen LogP contribution in [0.5, 0.6) is 17.2 Å². The third-order valence-electron chi connectivity index (χ3n) is 5.03. The number of fused-ring (bicyclic) bond motifs is 1. The SMILES string of the molecule is COc1ccc(C(=O)Oc2ccc3ccccc3c2/C=N/NC(=O)COc2ccc(F)cc2)cc1. The van der Waals surface area contributed by atoms with Crippen molar-refractivity contribution in [2.75, 3.05) is 13.7 Å². The molecule has 4 aromatic carbocycles. The second kappa shape index (κ2) is 10.9. The summed E-state index contributed by atoms with van der Waals surface area (Å²) in [7, 11) is 1.54. The first-order valence-corrected chi connectivity index (χ1v) is 10.6. The summed E-state index contributed by atoms with van der Waals surface area (Å²) in [4.78, 5) is 24.8. The lowest BCUT2D eigenvalue weighted by molar-refractivity contribution is -0.123. The van der Waals surface area contributed by atoms with Crippen LogP contribution in [0.3, 0.4) is 0 Å². The monoisotopic (exact) mass is 472 g/mol. The first-order chi connectivity index (χ1) is 17.0. The Morgan fingerprint density at radius 1 is 0.914 bits per heavy atom. The Hall–Kier alpha value is -4.72. The van der Waals surface area contributed by atoms with Gasteiger partial charge in [0.2, 0.25) is 0 Å². The van der Waals surface area contributed by atoms with E-state index < -0.39 is 17.7 Å². The number of carbonyl (C=O) groups is 2. The van der Waals surface area contributed by atoms with Gasteiger partial charge in [0.25, 0.3) is 5.91 Å². The lowest BCUT2D eigenvalue weighted by atomic mass is 10.0. The van der Waals surface area contributed by atoms with Crippen LogP contribution in [-0.2, 0) is 4.79 Å². The summed E-state index contributed by atoms with van der Waals surface area (Å²) in [5, 5.41) is 5.70. The Bertz CT molecular complexity index is 1370. The van der Waals surface area contributed by atoms with Crippen molar-refractivity contribution in [3.05, 3.63) is 102 Å². The highest BCUT2D eigenvalue weighted by Gasteiger charge is 2.14. The molecule has 0 spiro atoms. The standard InChI is InChI=1S/C27H21FN2O5/c1-33-21-11-6-19(7-12-21)27(32)35-25-15-8-18-4-2-3-5-23(18)24(25)16-29-30-26(31)17-34-22-13-9-20(28)10-14-22/h2-16H,17H2,1H3,(H,30,31)/b29-16+. The smallest absolute Gasteiger partial charge is 0.343 e. The lowest BCUT2D eigenvalue weighted by Gasteiger charge is -2.11. The highest BCUT2D eigenvalue weighted by molar-refractivity contribution is 6.04. The van der Waals surface area contributed by atoms with Crippen LogP contribution in [0.25, 0.3) is 10.8 Å². The van der Waals surface area contributed by atoms with Crippen LogP contribution in [0.2, 0.25) is 0 Å². The molecule has 1 amide bonds.